The number of halogens is 6. The fourth-order valence-corrected chi connectivity index (χ4v) is 4.20. The monoisotopic (exact) mass is 548 g/mol. The van der Waals surface area contributed by atoms with Crippen LogP contribution in [0.1, 0.15) is 33.3 Å². The summed E-state index contributed by atoms with van der Waals surface area (Å²) < 4.78 is 91.1. The molecule has 13 heteroatoms. The molecule has 1 aliphatic heterocycles. The third kappa shape index (κ3) is 5.97. The maximum Gasteiger partial charge on any atom is 0.416 e. The maximum atomic E-state index is 14.1. The minimum atomic E-state index is -4.85. The van der Waals surface area contributed by atoms with Crippen molar-refractivity contribution >= 4 is 23.6 Å². The van der Waals surface area contributed by atoms with Gasteiger partial charge in [0.05, 0.1) is 17.7 Å². The Morgan fingerprint density at radius 2 is 1.63 bits per heavy atom. The van der Waals surface area contributed by atoms with Crippen molar-refractivity contribution in [1.29, 1.82) is 0 Å². The Morgan fingerprint density at radius 1 is 1.03 bits per heavy atom. The third-order valence-corrected chi connectivity index (χ3v) is 6.25. The van der Waals surface area contributed by atoms with Crippen molar-refractivity contribution < 1.29 is 50.2 Å². The van der Waals surface area contributed by atoms with Gasteiger partial charge in [-0.2, -0.15) is 26.3 Å². The second-order valence-corrected chi connectivity index (χ2v) is 9.34. The molecule has 2 aliphatic rings. The zero-order valence-corrected chi connectivity index (χ0v) is 20.9. The van der Waals surface area contributed by atoms with Gasteiger partial charge in [0.25, 0.3) is 5.91 Å². The third-order valence-electron chi connectivity index (χ3n) is 6.25. The van der Waals surface area contributed by atoms with Gasteiger partial charge in [-0.05, 0) is 57.0 Å². The summed E-state index contributed by atoms with van der Waals surface area (Å²) in [5, 5.41) is 0. The Morgan fingerprint density at radius 3 is 2.16 bits per heavy atom. The number of rotatable bonds is 7. The molecule has 1 heterocycles. The molecule has 1 aromatic carbocycles. The summed E-state index contributed by atoms with van der Waals surface area (Å²) in [6.07, 6.45) is -7.03. The Kier molecular flexibility index (Phi) is 7.90. The summed E-state index contributed by atoms with van der Waals surface area (Å²) in [6, 6.07) is 2.75. The lowest BCUT2D eigenvalue weighted by Gasteiger charge is -2.34. The van der Waals surface area contributed by atoms with Gasteiger partial charge in [-0.25, -0.2) is 9.59 Å². The topological polar surface area (TPSA) is 76.2 Å². The lowest BCUT2D eigenvalue weighted by molar-refractivity contribution is -0.164. The quantitative estimate of drug-likeness (QED) is 0.257. The fraction of sp³-hybridized carbons (Fsp3) is 0.480. The van der Waals surface area contributed by atoms with Crippen LogP contribution in [0.4, 0.5) is 36.8 Å². The van der Waals surface area contributed by atoms with E-state index in [0.29, 0.717) is 0 Å². The van der Waals surface area contributed by atoms with Gasteiger partial charge >= 0.3 is 24.4 Å². The average molecular weight is 548 g/mol. The number of hydrogen-bond acceptors (Lipinski definition) is 5. The van der Waals surface area contributed by atoms with E-state index in [9.17, 15) is 40.7 Å². The summed E-state index contributed by atoms with van der Waals surface area (Å²) in [5.74, 6) is -4.36. The van der Waals surface area contributed by atoms with Crippen LogP contribution in [0.25, 0.3) is 0 Å². The highest BCUT2D eigenvalue weighted by molar-refractivity contribution is 6.12. The van der Waals surface area contributed by atoms with Crippen LogP contribution in [0.15, 0.2) is 47.7 Å². The van der Waals surface area contributed by atoms with E-state index in [-0.39, 0.29) is 12.3 Å². The first-order valence-electron chi connectivity index (χ1n) is 11.6. The van der Waals surface area contributed by atoms with Gasteiger partial charge in [-0.15, -0.1) is 0 Å². The molecule has 0 aromatic heterocycles. The summed E-state index contributed by atoms with van der Waals surface area (Å²) in [6.45, 7) is 4.48. The zero-order chi connectivity index (χ0) is 28.6. The lowest BCUT2D eigenvalue weighted by atomic mass is 9.81. The van der Waals surface area contributed by atoms with Crippen LogP contribution in [0.5, 0.6) is 0 Å². The number of imide groups is 1. The molecule has 1 fully saturated rings. The van der Waals surface area contributed by atoms with Crippen LogP contribution >= 0.6 is 0 Å². The predicted molar refractivity (Wildman–Crippen MR) is 123 cm³/mol. The van der Waals surface area contributed by atoms with Crippen molar-refractivity contribution in [3.05, 3.63) is 53.3 Å². The summed E-state index contributed by atoms with van der Waals surface area (Å²) in [5.41, 5.74) is -3.69. The highest BCUT2D eigenvalue weighted by atomic mass is 19.4. The molecule has 0 radical (unpaired) electrons. The molecule has 208 valence electrons. The SMILES string of the molecule is CCOC(=O)C(C)(C)OC1=C(C(F)(F)F)C(C)C(CN2C(=O)CN(c3ccc(C(F)(F)F)cc3)C2=O)C=C1. The molecule has 2 unspecified atom stereocenters. The first kappa shape index (κ1) is 29.1. The molecule has 0 bridgehead atoms. The fourth-order valence-electron chi connectivity index (χ4n) is 4.20. The molecule has 1 aromatic rings. The Balaban J connectivity index is 1.81. The Labute approximate surface area is 214 Å². The van der Waals surface area contributed by atoms with Gasteiger partial charge in [0.1, 0.15) is 12.3 Å². The molecular formula is C25H26F6N2O5. The smallest absolute Gasteiger partial charge is 0.416 e. The number of anilines is 1. The standard InChI is InChI=1S/C25H26F6N2O5/c1-5-37-21(35)23(3,4)38-18-11-6-15(14(2)20(18)25(29,30)31)12-33-19(34)13-32(22(33)36)17-9-7-16(8-10-17)24(26,27)28/h6-11,14-15H,5,12-13H2,1-4H3. The second kappa shape index (κ2) is 10.3. The lowest BCUT2D eigenvalue weighted by Crippen LogP contribution is -2.41. The van der Waals surface area contributed by atoms with Crippen molar-refractivity contribution in [1.82, 2.24) is 4.90 Å². The molecule has 1 aliphatic carbocycles. The predicted octanol–water partition coefficient (Wildman–Crippen LogP) is 5.47. The van der Waals surface area contributed by atoms with Gasteiger partial charge < -0.3 is 9.47 Å². The molecule has 38 heavy (non-hydrogen) atoms. The van der Waals surface area contributed by atoms with Gasteiger partial charge in [-0.1, -0.05) is 13.0 Å². The molecule has 2 atom stereocenters. The highest BCUT2D eigenvalue weighted by Crippen LogP contribution is 2.43. The number of esters is 1. The molecular weight excluding hydrogens is 522 g/mol. The molecule has 0 N–H and O–H groups in total. The number of ether oxygens (including phenoxy) is 2. The Bertz CT molecular complexity index is 1150. The molecule has 0 spiro atoms. The van der Waals surface area contributed by atoms with Crippen molar-refractivity contribution in [3.63, 3.8) is 0 Å². The van der Waals surface area contributed by atoms with Crippen molar-refractivity contribution in [2.24, 2.45) is 11.8 Å². The number of carbonyl (C=O) groups excluding carboxylic acids is 3. The summed E-state index contributed by atoms with van der Waals surface area (Å²) >= 11 is 0. The normalized spacial score (nSPS) is 20.9. The van der Waals surface area contributed by atoms with Crippen LogP contribution in [0.3, 0.4) is 0 Å². The van der Waals surface area contributed by atoms with E-state index in [2.05, 4.69) is 0 Å². The van der Waals surface area contributed by atoms with E-state index in [1.165, 1.54) is 26.8 Å². The van der Waals surface area contributed by atoms with E-state index in [4.69, 9.17) is 9.47 Å². The number of allylic oxidation sites excluding steroid dienone is 2. The average Bonchev–Trinajstić information content (AvgIpc) is 3.07. The van der Waals surface area contributed by atoms with E-state index in [1.54, 1.807) is 6.92 Å². The van der Waals surface area contributed by atoms with Gasteiger partial charge in [0, 0.05) is 18.2 Å². The largest absolute Gasteiger partial charge is 0.476 e. The number of alkyl halides is 6. The first-order valence-corrected chi connectivity index (χ1v) is 11.6. The number of benzene rings is 1. The second-order valence-electron chi connectivity index (χ2n) is 9.34. The number of nitrogens with zero attached hydrogens (tertiary/aromatic N) is 2. The highest BCUT2D eigenvalue weighted by Gasteiger charge is 2.47. The maximum absolute atomic E-state index is 14.1. The number of carbonyl (C=O) groups is 3. The van der Waals surface area contributed by atoms with E-state index in [0.717, 1.165) is 40.1 Å². The van der Waals surface area contributed by atoms with Crippen LogP contribution in [0.2, 0.25) is 0 Å². The minimum absolute atomic E-state index is 0.00645. The van der Waals surface area contributed by atoms with Gasteiger partial charge in [0.15, 0.2) is 5.60 Å². The van der Waals surface area contributed by atoms with Crippen molar-refractivity contribution in [2.45, 2.75) is 45.6 Å². The molecule has 1 saturated heterocycles. The van der Waals surface area contributed by atoms with Gasteiger partial charge in [-0.3, -0.25) is 14.6 Å². The van der Waals surface area contributed by atoms with Crippen LogP contribution in [-0.2, 0) is 25.2 Å². The summed E-state index contributed by atoms with van der Waals surface area (Å²) in [7, 11) is 0. The van der Waals surface area contributed by atoms with E-state index in [1.807, 2.05) is 0 Å². The van der Waals surface area contributed by atoms with Crippen molar-refractivity contribution in [2.75, 3.05) is 24.6 Å². The Hall–Kier alpha value is -3.51. The van der Waals surface area contributed by atoms with Crippen LogP contribution in [0, 0.1) is 11.8 Å². The van der Waals surface area contributed by atoms with E-state index >= 15 is 0 Å². The molecule has 3 rings (SSSR count). The van der Waals surface area contributed by atoms with Crippen molar-refractivity contribution in [3.8, 4) is 0 Å². The summed E-state index contributed by atoms with van der Waals surface area (Å²) in [4.78, 5) is 39.4. The minimum Gasteiger partial charge on any atom is -0.476 e. The number of hydrogen-bond donors (Lipinski definition) is 0. The zero-order valence-electron chi connectivity index (χ0n) is 20.9. The van der Waals surface area contributed by atoms with Crippen LogP contribution < -0.4 is 4.90 Å². The molecule has 3 amide bonds. The van der Waals surface area contributed by atoms with Crippen LogP contribution in [-0.4, -0.2) is 54.3 Å². The number of urea groups is 1. The number of amides is 3. The molecule has 7 nitrogen and oxygen atoms in total. The van der Waals surface area contributed by atoms with Gasteiger partial charge in [0.2, 0.25) is 0 Å². The van der Waals surface area contributed by atoms with E-state index < -0.39 is 77.7 Å². The first-order chi connectivity index (χ1) is 17.5. The molecule has 0 saturated carbocycles.